The van der Waals surface area contributed by atoms with Gasteiger partial charge in [0.05, 0.1) is 26.2 Å². The molecule has 196 valence electrons. The maximum absolute atomic E-state index is 14.9. The van der Waals surface area contributed by atoms with Crippen LogP contribution in [0.2, 0.25) is 15.1 Å². The van der Waals surface area contributed by atoms with Gasteiger partial charge in [-0.25, -0.2) is 4.39 Å². The highest BCUT2D eigenvalue weighted by molar-refractivity contribution is 6.48. The minimum absolute atomic E-state index is 0.0544. The molecular formula is C22H16Cl3F7N2O2. The van der Waals surface area contributed by atoms with E-state index in [1.807, 2.05) is 0 Å². The van der Waals surface area contributed by atoms with Crippen LogP contribution in [-0.2, 0) is 11.0 Å². The Morgan fingerprint density at radius 2 is 1.53 bits per heavy atom. The van der Waals surface area contributed by atoms with E-state index < -0.39 is 64.2 Å². The van der Waals surface area contributed by atoms with Gasteiger partial charge in [-0.1, -0.05) is 40.9 Å². The number of likely N-dealkylation sites (N-methyl/N-ethyl adjacent to an activating group) is 1. The van der Waals surface area contributed by atoms with Crippen LogP contribution in [0.3, 0.4) is 0 Å². The fourth-order valence-corrected chi connectivity index (χ4v) is 3.67. The number of carbonyl (C=O) groups is 2. The van der Waals surface area contributed by atoms with Crippen LogP contribution in [0.1, 0.15) is 39.9 Å². The predicted octanol–water partition coefficient (Wildman–Crippen LogP) is 7.19. The van der Waals surface area contributed by atoms with Gasteiger partial charge in [0.2, 0.25) is 5.91 Å². The Labute approximate surface area is 215 Å². The molecular weight excluding hydrogens is 564 g/mol. The Hall–Kier alpha value is -2.50. The van der Waals surface area contributed by atoms with Gasteiger partial charge < -0.3 is 10.6 Å². The Morgan fingerprint density at radius 1 is 0.972 bits per heavy atom. The van der Waals surface area contributed by atoms with E-state index in [9.17, 15) is 40.3 Å². The lowest BCUT2D eigenvalue weighted by molar-refractivity contribution is -0.140. The third kappa shape index (κ3) is 7.04. The summed E-state index contributed by atoms with van der Waals surface area (Å²) in [5, 5.41) is 3.32. The zero-order valence-corrected chi connectivity index (χ0v) is 20.5. The van der Waals surface area contributed by atoms with Gasteiger partial charge >= 0.3 is 12.4 Å². The summed E-state index contributed by atoms with van der Waals surface area (Å²) in [5.74, 6) is -6.29. The lowest BCUT2D eigenvalue weighted by Gasteiger charge is -2.19. The zero-order chi connectivity index (χ0) is 27.6. The topological polar surface area (TPSA) is 58.2 Å². The Kier molecular flexibility index (Phi) is 9.30. The Balaban J connectivity index is 2.56. The standard InChI is InChI=1S/C22H16Cl3F7N2O2/c1-9(19(35)33-2)34-20(36)12-4-3-10(5-14(12)22(30,31)32)17(26)8-13(21(27,28)29)11-6-15(23)18(25)16(24)7-11/h3-9,13H,1-2H3,(H,33,35)(H,34,36)/b17-8-/t9-,13?/m1/s1. The summed E-state index contributed by atoms with van der Waals surface area (Å²) in [5.41, 5.74) is -4.06. The van der Waals surface area contributed by atoms with Crippen molar-refractivity contribution >= 4 is 52.4 Å². The molecule has 2 rings (SSSR count). The normalized spacial score (nSPS) is 14.3. The molecule has 0 saturated heterocycles. The van der Waals surface area contributed by atoms with E-state index in [0.29, 0.717) is 12.1 Å². The van der Waals surface area contributed by atoms with E-state index in [-0.39, 0.29) is 27.2 Å². The van der Waals surface area contributed by atoms with Crippen LogP contribution < -0.4 is 10.6 Å². The van der Waals surface area contributed by atoms with E-state index in [1.165, 1.54) is 14.0 Å². The summed E-state index contributed by atoms with van der Waals surface area (Å²) in [6.45, 7) is 1.22. The summed E-state index contributed by atoms with van der Waals surface area (Å²) in [6, 6.07) is 1.90. The van der Waals surface area contributed by atoms with Crippen molar-refractivity contribution in [1.29, 1.82) is 0 Å². The van der Waals surface area contributed by atoms with Crippen LogP contribution in [0.4, 0.5) is 30.7 Å². The summed E-state index contributed by atoms with van der Waals surface area (Å²) in [4.78, 5) is 23.9. The number of halogens is 10. The van der Waals surface area contributed by atoms with Crippen molar-refractivity contribution in [3.8, 4) is 0 Å². The second-order valence-corrected chi connectivity index (χ2v) is 8.59. The van der Waals surface area contributed by atoms with Gasteiger partial charge in [-0.3, -0.25) is 9.59 Å². The molecule has 0 radical (unpaired) electrons. The molecule has 2 amide bonds. The monoisotopic (exact) mass is 578 g/mol. The van der Waals surface area contributed by atoms with Gasteiger partial charge in [0, 0.05) is 12.6 Å². The number of nitrogens with one attached hydrogen (secondary N) is 2. The molecule has 0 fully saturated rings. The summed E-state index contributed by atoms with van der Waals surface area (Å²) in [6.07, 6.45) is -10.2. The van der Waals surface area contributed by atoms with Gasteiger partial charge in [-0.2, -0.15) is 26.3 Å². The van der Waals surface area contributed by atoms with Gasteiger partial charge in [0.15, 0.2) is 0 Å². The molecule has 0 aliphatic carbocycles. The van der Waals surface area contributed by atoms with Crippen molar-refractivity contribution < 1.29 is 40.3 Å². The first-order valence-electron chi connectivity index (χ1n) is 9.79. The lowest BCUT2D eigenvalue weighted by Crippen LogP contribution is -2.44. The molecule has 4 nitrogen and oxygen atoms in total. The van der Waals surface area contributed by atoms with Gasteiger partial charge in [-0.05, 0) is 42.8 Å². The van der Waals surface area contributed by atoms with Crippen molar-refractivity contribution in [1.82, 2.24) is 10.6 Å². The average molecular weight is 580 g/mol. The van der Waals surface area contributed by atoms with Crippen LogP contribution in [0.25, 0.3) is 5.83 Å². The molecule has 36 heavy (non-hydrogen) atoms. The summed E-state index contributed by atoms with van der Waals surface area (Å²) >= 11 is 17.3. The van der Waals surface area contributed by atoms with Crippen molar-refractivity contribution in [3.05, 3.63) is 73.7 Å². The molecule has 2 atom stereocenters. The van der Waals surface area contributed by atoms with Crippen LogP contribution >= 0.6 is 34.8 Å². The molecule has 0 aliphatic rings. The van der Waals surface area contributed by atoms with Gasteiger partial charge in [0.25, 0.3) is 5.91 Å². The Morgan fingerprint density at radius 3 is 2.00 bits per heavy atom. The van der Waals surface area contributed by atoms with Crippen molar-refractivity contribution in [2.75, 3.05) is 7.05 Å². The maximum Gasteiger partial charge on any atom is 0.417 e. The molecule has 2 aromatic rings. The molecule has 14 heteroatoms. The van der Waals surface area contributed by atoms with E-state index >= 15 is 0 Å². The number of hydrogen-bond acceptors (Lipinski definition) is 2. The molecule has 0 aliphatic heterocycles. The van der Waals surface area contributed by atoms with Gasteiger partial charge in [-0.15, -0.1) is 0 Å². The van der Waals surface area contributed by atoms with E-state index in [2.05, 4.69) is 10.6 Å². The highest BCUT2D eigenvalue weighted by Gasteiger charge is 2.41. The number of allylic oxidation sites excluding steroid dienone is 1. The predicted molar refractivity (Wildman–Crippen MR) is 122 cm³/mol. The first-order chi connectivity index (χ1) is 16.5. The summed E-state index contributed by atoms with van der Waals surface area (Å²) < 4.78 is 96.9. The number of benzene rings is 2. The SMILES string of the molecule is CNC(=O)[C@@H](C)NC(=O)c1ccc(/C(F)=C/C(c2cc(Cl)c(Cl)c(Cl)c2)C(F)(F)F)cc1C(F)(F)F. The van der Waals surface area contributed by atoms with Crippen LogP contribution in [0.15, 0.2) is 36.4 Å². The molecule has 0 spiro atoms. The first-order valence-corrected chi connectivity index (χ1v) is 10.9. The number of hydrogen-bond donors (Lipinski definition) is 2. The minimum Gasteiger partial charge on any atom is -0.357 e. The molecule has 2 aromatic carbocycles. The minimum atomic E-state index is -5.18. The van der Waals surface area contributed by atoms with E-state index in [1.54, 1.807) is 0 Å². The van der Waals surface area contributed by atoms with Crippen LogP contribution in [-0.4, -0.2) is 31.1 Å². The number of alkyl halides is 6. The highest BCUT2D eigenvalue weighted by atomic mass is 35.5. The fourth-order valence-electron chi connectivity index (χ4n) is 3.06. The van der Waals surface area contributed by atoms with Crippen molar-refractivity contribution in [2.45, 2.75) is 31.2 Å². The molecule has 0 bridgehead atoms. The van der Waals surface area contributed by atoms with E-state index in [4.69, 9.17) is 34.8 Å². The quantitative estimate of drug-likeness (QED) is 0.281. The number of amides is 2. The average Bonchev–Trinajstić information content (AvgIpc) is 2.78. The highest BCUT2D eigenvalue weighted by Crippen LogP contribution is 2.42. The summed E-state index contributed by atoms with van der Waals surface area (Å²) in [7, 11) is 1.25. The molecule has 0 heterocycles. The van der Waals surface area contributed by atoms with Crippen molar-refractivity contribution in [2.24, 2.45) is 0 Å². The largest absolute Gasteiger partial charge is 0.417 e. The number of carbonyl (C=O) groups excluding carboxylic acids is 2. The third-order valence-corrected chi connectivity index (χ3v) is 6.06. The third-order valence-electron chi connectivity index (χ3n) is 4.86. The van der Waals surface area contributed by atoms with Crippen molar-refractivity contribution in [3.63, 3.8) is 0 Å². The molecule has 1 unspecified atom stereocenters. The Bertz CT molecular complexity index is 1170. The number of rotatable bonds is 6. The van der Waals surface area contributed by atoms with Gasteiger partial charge in [0.1, 0.15) is 17.8 Å². The second-order valence-electron chi connectivity index (χ2n) is 7.40. The van der Waals surface area contributed by atoms with E-state index in [0.717, 1.165) is 12.1 Å². The fraction of sp³-hybridized carbons (Fsp3) is 0.273. The second kappa shape index (κ2) is 11.3. The first kappa shape index (κ1) is 29.7. The molecule has 0 aromatic heterocycles. The van der Waals surface area contributed by atoms with Crippen LogP contribution in [0.5, 0.6) is 0 Å². The van der Waals surface area contributed by atoms with Crippen LogP contribution in [0, 0.1) is 0 Å². The smallest absolute Gasteiger partial charge is 0.357 e. The molecule has 0 saturated carbocycles. The zero-order valence-electron chi connectivity index (χ0n) is 18.2. The molecule has 2 N–H and O–H groups in total. The lowest BCUT2D eigenvalue weighted by atomic mass is 9.95. The maximum atomic E-state index is 14.9.